The molecular formula is C25H30F3NO5. The number of esters is 1. The van der Waals surface area contributed by atoms with E-state index in [0.29, 0.717) is 6.61 Å². The highest BCUT2D eigenvalue weighted by Crippen LogP contribution is 2.25. The highest BCUT2D eigenvalue weighted by Gasteiger charge is 2.42. The van der Waals surface area contributed by atoms with Gasteiger partial charge in [-0.15, -0.1) is 0 Å². The van der Waals surface area contributed by atoms with E-state index >= 15 is 0 Å². The third-order valence-electron chi connectivity index (χ3n) is 4.50. The van der Waals surface area contributed by atoms with E-state index in [-0.39, 0.29) is 17.9 Å². The van der Waals surface area contributed by atoms with Crippen LogP contribution in [0.25, 0.3) is 0 Å². The molecule has 0 N–H and O–H groups in total. The molecule has 0 aliphatic heterocycles. The lowest BCUT2D eigenvalue weighted by Crippen LogP contribution is -2.41. The molecule has 0 bridgehead atoms. The Labute approximate surface area is 197 Å². The molecule has 1 unspecified atom stereocenters. The van der Waals surface area contributed by atoms with Crippen LogP contribution < -0.4 is 0 Å². The molecule has 0 aromatic heterocycles. The largest absolute Gasteiger partial charge is 0.468 e. The number of unbranched alkanes of at least 4 members (excludes halogenated alkanes) is 1. The molecule has 6 nitrogen and oxygen atoms in total. The number of para-hydroxylation sites is 1. The molecule has 186 valence electrons. The maximum Gasteiger partial charge on any atom is 0.468 e. The van der Waals surface area contributed by atoms with Crippen molar-refractivity contribution in [1.29, 1.82) is 0 Å². The second-order valence-electron chi connectivity index (χ2n) is 7.59. The van der Waals surface area contributed by atoms with Crippen LogP contribution >= 0.6 is 0 Å². The fraction of sp³-hybridized carbons (Fsp3) is 0.440. The van der Waals surface area contributed by atoms with E-state index in [9.17, 15) is 18.0 Å². The van der Waals surface area contributed by atoms with Crippen LogP contribution in [0.2, 0.25) is 0 Å². The van der Waals surface area contributed by atoms with Gasteiger partial charge in [0.2, 0.25) is 6.29 Å². The van der Waals surface area contributed by atoms with Crippen molar-refractivity contribution in [3.05, 3.63) is 66.2 Å². The van der Waals surface area contributed by atoms with Gasteiger partial charge < -0.3 is 18.9 Å². The van der Waals surface area contributed by atoms with Crippen LogP contribution in [0.15, 0.2) is 65.7 Å². The first-order valence-electron chi connectivity index (χ1n) is 11.1. The number of alkyl halides is 3. The Morgan fingerprint density at radius 1 is 0.971 bits per heavy atom. The zero-order valence-corrected chi connectivity index (χ0v) is 19.5. The summed E-state index contributed by atoms with van der Waals surface area (Å²) in [4.78, 5) is 16.1. The Hall–Kier alpha value is -2.91. The van der Waals surface area contributed by atoms with Gasteiger partial charge in [0.05, 0.1) is 24.0 Å². The van der Waals surface area contributed by atoms with Crippen molar-refractivity contribution in [1.82, 2.24) is 0 Å². The fourth-order valence-corrected chi connectivity index (χ4v) is 2.75. The molecule has 0 saturated heterocycles. The van der Waals surface area contributed by atoms with Gasteiger partial charge in [-0.1, -0.05) is 49.7 Å². The standard InChI is InChI=1S/C25H30F3NO5/c1-4-5-16-31-17-18(2)32-23(19(3)33-22(30)20-12-8-6-9-13-20)34-24(25(26,27)28)29-21-14-10-7-11-15-21/h6-15,18-19,23H,4-5,16-17H2,1-3H3/b29-24+/t18?,19-,23-/m0/s1. The quantitative estimate of drug-likeness (QED) is 0.121. The number of rotatable bonds is 12. The lowest BCUT2D eigenvalue weighted by atomic mass is 10.2. The highest BCUT2D eigenvalue weighted by molar-refractivity contribution is 5.89. The third kappa shape index (κ3) is 9.52. The zero-order valence-electron chi connectivity index (χ0n) is 19.5. The van der Waals surface area contributed by atoms with E-state index in [0.717, 1.165) is 12.8 Å². The molecule has 3 atom stereocenters. The zero-order chi connectivity index (χ0) is 25.0. The van der Waals surface area contributed by atoms with Gasteiger partial charge in [-0.05, 0) is 44.5 Å². The summed E-state index contributed by atoms with van der Waals surface area (Å²) in [5.41, 5.74) is 0.302. The summed E-state index contributed by atoms with van der Waals surface area (Å²) in [5, 5.41) is 0. The van der Waals surface area contributed by atoms with Gasteiger partial charge in [-0.3, -0.25) is 0 Å². The smallest absolute Gasteiger partial charge is 0.452 e. The summed E-state index contributed by atoms with van der Waals surface area (Å²) in [5.74, 6) is -2.23. The normalized spacial score (nSPS) is 14.8. The first-order chi connectivity index (χ1) is 16.2. The first-order valence-corrected chi connectivity index (χ1v) is 11.1. The van der Waals surface area contributed by atoms with E-state index in [4.69, 9.17) is 18.9 Å². The van der Waals surface area contributed by atoms with Gasteiger partial charge in [0.25, 0.3) is 5.90 Å². The Bertz CT molecular complexity index is 890. The number of ether oxygens (including phenoxy) is 4. The van der Waals surface area contributed by atoms with Gasteiger partial charge in [-0.25, -0.2) is 9.79 Å². The van der Waals surface area contributed by atoms with Crippen molar-refractivity contribution >= 4 is 17.6 Å². The Morgan fingerprint density at radius 3 is 2.18 bits per heavy atom. The van der Waals surface area contributed by atoms with Crippen molar-refractivity contribution < 1.29 is 36.9 Å². The van der Waals surface area contributed by atoms with Crippen molar-refractivity contribution in [3.63, 3.8) is 0 Å². The highest BCUT2D eigenvalue weighted by atomic mass is 19.4. The number of carbonyl (C=O) groups excluding carboxylic acids is 1. The molecule has 2 aromatic carbocycles. The molecule has 0 aliphatic carbocycles. The molecule has 0 saturated carbocycles. The molecule has 0 aliphatic rings. The van der Waals surface area contributed by atoms with Gasteiger partial charge in [0.15, 0.2) is 6.10 Å². The lowest BCUT2D eigenvalue weighted by Gasteiger charge is -2.28. The van der Waals surface area contributed by atoms with Gasteiger partial charge >= 0.3 is 12.1 Å². The van der Waals surface area contributed by atoms with Gasteiger partial charge in [-0.2, -0.15) is 13.2 Å². The topological polar surface area (TPSA) is 66.3 Å². The van der Waals surface area contributed by atoms with Crippen LogP contribution in [-0.4, -0.2) is 49.8 Å². The second kappa shape index (κ2) is 13.7. The molecule has 0 spiro atoms. The van der Waals surface area contributed by atoms with E-state index in [1.807, 2.05) is 6.92 Å². The number of hydrogen-bond donors (Lipinski definition) is 0. The van der Waals surface area contributed by atoms with Crippen LogP contribution in [0, 0.1) is 0 Å². The molecule has 0 radical (unpaired) electrons. The monoisotopic (exact) mass is 481 g/mol. The number of benzene rings is 2. The van der Waals surface area contributed by atoms with Crippen molar-refractivity contribution in [2.75, 3.05) is 13.2 Å². The summed E-state index contributed by atoms with van der Waals surface area (Å²) in [6.07, 6.45) is -6.51. The van der Waals surface area contributed by atoms with Crippen LogP contribution in [0.1, 0.15) is 44.0 Å². The summed E-state index contributed by atoms with van der Waals surface area (Å²) in [6, 6.07) is 15.7. The van der Waals surface area contributed by atoms with E-state index in [1.54, 1.807) is 43.3 Å². The average molecular weight is 482 g/mol. The predicted octanol–water partition coefficient (Wildman–Crippen LogP) is 6.09. The number of halogens is 3. The number of nitrogens with zero attached hydrogens (tertiary/aromatic N) is 1. The molecule has 0 heterocycles. The van der Waals surface area contributed by atoms with Crippen molar-refractivity contribution in [2.24, 2.45) is 4.99 Å². The van der Waals surface area contributed by atoms with Crippen LogP contribution in [0.4, 0.5) is 18.9 Å². The molecule has 2 aromatic rings. The van der Waals surface area contributed by atoms with Crippen LogP contribution in [-0.2, 0) is 18.9 Å². The van der Waals surface area contributed by atoms with Crippen molar-refractivity contribution in [2.45, 2.75) is 58.3 Å². The first kappa shape index (κ1) is 27.3. The number of carbonyl (C=O) groups is 1. The SMILES string of the molecule is CCCCOCC(C)O[C@@H](O/C(=N/c1ccccc1)C(F)(F)F)[C@H](C)OC(=O)c1ccccc1. The minimum absolute atomic E-state index is 0.0541. The second-order valence-corrected chi connectivity index (χ2v) is 7.59. The lowest BCUT2D eigenvalue weighted by molar-refractivity contribution is -0.195. The van der Waals surface area contributed by atoms with E-state index < -0.39 is 36.5 Å². The van der Waals surface area contributed by atoms with E-state index in [2.05, 4.69) is 4.99 Å². The van der Waals surface area contributed by atoms with Gasteiger partial charge in [0.1, 0.15) is 0 Å². The van der Waals surface area contributed by atoms with Crippen LogP contribution in [0.3, 0.4) is 0 Å². The molecule has 9 heteroatoms. The van der Waals surface area contributed by atoms with Crippen LogP contribution in [0.5, 0.6) is 0 Å². The summed E-state index contributed by atoms with van der Waals surface area (Å²) in [7, 11) is 0. The summed E-state index contributed by atoms with van der Waals surface area (Å²) in [6.45, 7) is 5.68. The Kier molecular flexibility index (Phi) is 11.0. The number of hydrogen-bond acceptors (Lipinski definition) is 6. The van der Waals surface area contributed by atoms with E-state index in [1.165, 1.54) is 31.2 Å². The molecular weight excluding hydrogens is 451 g/mol. The average Bonchev–Trinajstić information content (AvgIpc) is 2.81. The maximum absolute atomic E-state index is 13.7. The molecule has 34 heavy (non-hydrogen) atoms. The number of aliphatic imine (C=N–C) groups is 1. The summed E-state index contributed by atoms with van der Waals surface area (Å²) < 4.78 is 62.9. The minimum Gasteiger partial charge on any atom is -0.452 e. The summed E-state index contributed by atoms with van der Waals surface area (Å²) >= 11 is 0. The van der Waals surface area contributed by atoms with Crippen molar-refractivity contribution in [3.8, 4) is 0 Å². The predicted molar refractivity (Wildman–Crippen MR) is 122 cm³/mol. The third-order valence-corrected chi connectivity index (χ3v) is 4.50. The Morgan fingerprint density at radius 2 is 1.59 bits per heavy atom. The molecule has 2 rings (SSSR count). The van der Waals surface area contributed by atoms with Gasteiger partial charge in [0, 0.05) is 6.61 Å². The minimum atomic E-state index is -4.90. The molecule has 0 amide bonds. The maximum atomic E-state index is 13.7. The Balaban J connectivity index is 2.21. The molecule has 0 fully saturated rings. The fourth-order valence-electron chi connectivity index (χ4n) is 2.75.